The van der Waals surface area contributed by atoms with Crippen LogP contribution in [0.4, 0.5) is 20.3 Å². The molecule has 2 saturated carbocycles. The molecule has 2 fully saturated rings. The second-order valence-corrected chi connectivity index (χ2v) is 12.8. The first kappa shape index (κ1) is 25.0. The maximum atomic E-state index is 13.8. The van der Waals surface area contributed by atoms with Gasteiger partial charge >= 0.3 is 0 Å². The van der Waals surface area contributed by atoms with Gasteiger partial charge in [0.25, 0.3) is 5.56 Å². The van der Waals surface area contributed by atoms with E-state index in [-0.39, 0.29) is 55.1 Å². The molecule has 1 atom stereocenters. The van der Waals surface area contributed by atoms with Crippen molar-refractivity contribution in [1.29, 1.82) is 5.26 Å². The molecule has 0 bridgehead atoms. The van der Waals surface area contributed by atoms with E-state index in [9.17, 15) is 27.3 Å². The molecule has 6 rings (SSSR count). The molecule has 3 aliphatic rings. The summed E-state index contributed by atoms with van der Waals surface area (Å²) in [5, 5.41) is 17.6. The van der Waals surface area contributed by atoms with Crippen molar-refractivity contribution in [3.05, 3.63) is 46.4 Å². The predicted octanol–water partition coefficient (Wildman–Crippen LogP) is 4.81. The lowest BCUT2D eigenvalue weighted by Crippen LogP contribution is -2.50. The van der Waals surface area contributed by atoms with Gasteiger partial charge in [0, 0.05) is 36.8 Å². The minimum absolute atomic E-state index is 0.0926. The number of benzene rings is 1. The summed E-state index contributed by atoms with van der Waals surface area (Å²) in [6.45, 7) is 1.84. The average Bonchev–Trinajstić information content (AvgIpc) is 3.59. The largest absolute Gasteiger partial charge is 0.338 e. The number of nitrogens with one attached hydrogen (secondary N) is 2. The lowest BCUT2D eigenvalue weighted by atomic mass is 9.81. The second kappa shape index (κ2) is 8.61. The minimum Gasteiger partial charge on any atom is -0.338 e. The van der Waals surface area contributed by atoms with Crippen molar-refractivity contribution in [3.63, 3.8) is 0 Å². The number of nitrogens with zero attached hydrogens (tertiary/aromatic N) is 4. The molecule has 2 aliphatic carbocycles. The van der Waals surface area contributed by atoms with Crippen LogP contribution in [-0.2, 0) is 16.6 Å². The highest BCUT2D eigenvalue weighted by atomic mass is 32.2. The highest BCUT2D eigenvalue weighted by molar-refractivity contribution is 7.89. The van der Waals surface area contributed by atoms with Gasteiger partial charge in [-0.2, -0.15) is 14.7 Å². The van der Waals surface area contributed by atoms with E-state index in [1.165, 1.54) is 10.4 Å². The highest BCUT2D eigenvalue weighted by Crippen LogP contribution is 2.47. The van der Waals surface area contributed by atoms with Gasteiger partial charge in [0.2, 0.25) is 15.9 Å². The van der Waals surface area contributed by atoms with Crippen LogP contribution >= 0.6 is 0 Å². The van der Waals surface area contributed by atoms with Gasteiger partial charge in [0.15, 0.2) is 5.82 Å². The molecular formula is C26H28F2N6O3S. The summed E-state index contributed by atoms with van der Waals surface area (Å²) in [7, 11) is -3.83. The summed E-state index contributed by atoms with van der Waals surface area (Å²) >= 11 is 0. The number of H-pyrrole nitrogens is 1. The number of fused-ring (bicyclic) bond motifs is 2. The van der Waals surface area contributed by atoms with Gasteiger partial charge in [0.1, 0.15) is 5.39 Å². The zero-order chi connectivity index (χ0) is 26.9. The van der Waals surface area contributed by atoms with E-state index in [4.69, 9.17) is 5.10 Å². The minimum atomic E-state index is -3.83. The van der Waals surface area contributed by atoms with E-state index in [2.05, 4.69) is 16.4 Å². The number of halogens is 2. The molecule has 1 aliphatic heterocycles. The smallest absolute Gasteiger partial charge is 0.261 e. The fraction of sp³-hybridized carbons (Fsp3) is 0.500. The summed E-state index contributed by atoms with van der Waals surface area (Å²) < 4.78 is 57.5. The van der Waals surface area contributed by atoms with Crippen LogP contribution in [0.15, 0.2) is 40.2 Å². The van der Waals surface area contributed by atoms with E-state index >= 15 is 0 Å². The first-order chi connectivity index (χ1) is 18.0. The van der Waals surface area contributed by atoms with E-state index in [0.717, 1.165) is 12.8 Å². The summed E-state index contributed by atoms with van der Waals surface area (Å²) in [6.07, 6.45) is 3.36. The van der Waals surface area contributed by atoms with Gasteiger partial charge in [-0.05, 0) is 68.4 Å². The summed E-state index contributed by atoms with van der Waals surface area (Å²) in [5.41, 5.74) is 0.541. The number of hydrogen-bond acceptors (Lipinski definition) is 6. The number of aromatic amines is 1. The Balaban J connectivity index is 1.33. The van der Waals surface area contributed by atoms with Gasteiger partial charge in [0.05, 0.1) is 28.9 Å². The molecule has 0 amide bonds. The lowest BCUT2D eigenvalue weighted by Gasteiger charge is -2.42. The summed E-state index contributed by atoms with van der Waals surface area (Å²) in [5.74, 6) is -2.10. The molecular weight excluding hydrogens is 514 g/mol. The fourth-order valence-corrected chi connectivity index (χ4v) is 7.88. The number of aromatic nitrogens is 3. The molecule has 2 aromatic heterocycles. The number of rotatable bonds is 6. The molecule has 38 heavy (non-hydrogen) atoms. The Bertz CT molecular complexity index is 1630. The van der Waals surface area contributed by atoms with Crippen LogP contribution < -0.4 is 10.9 Å². The average molecular weight is 543 g/mol. The lowest BCUT2D eigenvalue weighted by molar-refractivity contribution is -0.0649. The van der Waals surface area contributed by atoms with Crippen LogP contribution in [0.2, 0.25) is 0 Å². The Morgan fingerprint density at radius 2 is 1.97 bits per heavy atom. The van der Waals surface area contributed by atoms with Crippen molar-refractivity contribution in [1.82, 2.24) is 19.1 Å². The molecule has 9 nitrogen and oxygen atoms in total. The van der Waals surface area contributed by atoms with E-state index in [1.807, 2.05) is 0 Å². The fourth-order valence-electron chi connectivity index (χ4n) is 5.88. The van der Waals surface area contributed by atoms with Crippen molar-refractivity contribution in [2.75, 3.05) is 5.32 Å². The van der Waals surface area contributed by atoms with Gasteiger partial charge < -0.3 is 10.3 Å². The van der Waals surface area contributed by atoms with Crippen molar-refractivity contribution in [3.8, 4) is 6.07 Å². The molecule has 1 aromatic carbocycles. The quantitative estimate of drug-likeness (QED) is 0.461. The molecule has 200 valence electrons. The molecule has 0 radical (unpaired) electrons. The van der Waals surface area contributed by atoms with E-state index in [0.29, 0.717) is 33.9 Å². The summed E-state index contributed by atoms with van der Waals surface area (Å²) in [6, 6.07) is 8.70. The Kier molecular flexibility index (Phi) is 5.66. The number of pyridine rings is 1. The van der Waals surface area contributed by atoms with Gasteiger partial charge in [-0.25, -0.2) is 17.2 Å². The van der Waals surface area contributed by atoms with Crippen LogP contribution in [0.3, 0.4) is 0 Å². The monoisotopic (exact) mass is 542 g/mol. The zero-order valence-electron chi connectivity index (χ0n) is 20.9. The first-order valence-corrected chi connectivity index (χ1v) is 14.2. The number of sulfonamides is 1. The summed E-state index contributed by atoms with van der Waals surface area (Å²) in [4.78, 5) is 15.6. The third-order valence-corrected chi connectivity index (χ3v) is 10.4. The zero-order valence-corrected chi connectivity index (χ0v) is 21.7. The molecule has 2 N–H and O–H groups in total. The van der Waals surface area contributed by atoms with Crippen molar-refractivity contribution < 1.29 is 17.2 Å². The normalized spacial score (nSPS) is 22.6. The van der Waals surface area contributed by atoms with Crippen molar-refractivity contribution >= 4 is 32.4 Å². The number of hydrogen-bond donors (Lipinski definition) is 2. The molecule has 3 aromatic rings. The van der Waals surface area contributed by atoms with Crippen LogP contribution in [-0.4, -0.2) is 38.9 Å². The number of alkyl halides is 2. The topological polar surface area (TPSA) is 124 Å². The second-order valence-electron chi connectivity index (χ2n) is 10.9. The third-order valence-electron chi connectivity index (χ3n) is 8.28. The Labute approximate surface area is 218 Å². The maximum absolute atomic E-state index is 13.8. The van der Waals surface area contributed by atoms with Crippen molar-refractivity contribution in [2.24, 2.45) is 5.92 Å². The molecule has 0 spiro atoms. The Morgan fingerprint density at radius 3 is 2.66 bits per heavy atom. The molecule has 12 heteroatoms. The van der Waals surface area contributed by atoms with E-state index < -0.39 is 21.5 Å². The van der Waals surface area contributed by atoms with Gasteiger partial charge in [-0.1, -0.05) is 0 Å². The van der Waals surface area contributed by atoms with E-state index in [1.54, 1.807) is 36.0 Å². The van der Waals surface area contributed by atoms with Crippen LogP contribution in [0.5, 0.6) is 0 Å². The highest BCUT2D eigenvalue weighted by Gasteiger charge is 2.50. The standard InChI is InChI=1S/C26H28F2N6O3S/c1-25(8-10-26(27,28)11-9-25)33-15-17-14-18(4-5-21(17)38(33,36)37)31-23-22-20(7-13-30-24(22)35)34(32-23)19(6-12-29)16-2-3-16/h4-5,7,13-14,16,19H,2-3,6,8-11,15H2,1H3,(H,30,35)(H,31,32). The SMILES string of the molecule is CC1(N2Cc3cc(Nc4nn(C(CC#N)C5CC5)c5cc[nH]c(=O)c45)ccc3S2(=O)=O)CCC(F)(F)CC1. The number of anilines is 2. The first-order valence-electron chi connectivity index (χ1n) is 12.8. The molecule has 0 saturated heterocycles. The Hall–Kier alpha value is -3.30. The third kappa shape index (κ3) is 4.08. The van der Waals surface area contributed by atoms with Gasteiger partial charge in [-0.3, -0.25) is 9.48 Å². The molecule has 3 heterocycles. The van der Waals surface area contributed by atoms with Crippen LogP contribution in [0, 0.1) is 17.2 Å². The molecule has 1 unspecified atom stereocenters. The van der Waals surface area contributed by atoms with Gasteiger partial charge in [-0.15, -0.1) is 0 Å². The van der Waals surface area contributed by atoms with Crippen LogP contribution in [0.25, 0.3) is 10.9 Å². The van der Waals surface area contributed by atoms with Crippen LogP contribution in [0.1, 0.15) is 63.5 Å². The van der Waals surface area contributed by atoms with Crippen molar-refractivity contribution in [2.45, 2.75) is 80.8 Å². The Morgan fingerprint density at radius 1 is 1.24 bits per heavy atom. The number of nitriles is 1. The predicted molar refractivity (Wildman–Crippen MR) is 137 cm³/mol. The maximum Gasteiger partial charge on any atom is 0.261 e.